The zero-order valence-corrected chi connectivity index (χ0v) is 22.7. The number of aliphatic hydroxyl groups excluding tert-OH is 4. The van der Waals surface area contributed by atoms with E-state index in [0.717, 1.165) is 6.08 Å². The van der Waals surface area contributed by atoms with Gasteiger partial charge in [0.2, 0.25) is 0 Å². The van der Waals surface area contributed by atoms with Gasteiger partial charge in [-0.1, -0.05) is 12.1 Å². The van der Waals surface area contributed by atoms with Gasteiger partial charge in [-0.25, -0.2) is 4.79 Å². The van der Waals surface area contributed by atoms with Crippen molar-refractivity contribution in [2.45, 2.75) is 55.1 Å². The van der Waals surface area contributed by atoms with Gasteiger partial charge in [0.25, 0.3) is 0 Å². The summed E-state index contributed by atoms with van der Waals surface area (Å²) in [7, 11) is 0. The lowest BCUT2D eigenvalue weighted by atomic mass is 9.98. The molecule has 2 aliphatic rings. The van der Waals surface area contributed by atoms with E-state index in [9.17, 15) is 50.8 Å². The van der Waals surface area contributed by atoms with Crippen molar-refractivity contribution in [3.63, 3.8) is 0 Å². The first-order valence-corrected chi connectivity index (χ1v) is 13.2. The molecular formula is C28H34O15. The number of rotatable bonds is 11. The average molecular weight is 611 g/mol. The van der Waals surface area contributed by atoms with E-state index in [1.165, 1.54) is 36.4 Å². The molecule has 2 heterocycles. The van der Waals surface area contributed by atoms with E-state index < -0.39 is 74.5 Å². The molecule has 0 aliphatic carbocycles. The van der Waals surface area contributed by atoms with Gasteiger partial charge in [-0.2, -0.15) is 0 Å². The predicted molar refractivity (Wildman–Crippen MR) is 143 cm³/mol. The second-order valence-corrected chi connectivity index (χ2v) is 10.2. The molecule has 236 valence electrons. The van der Waals surface area contributed by atoms with Gasteiger partial charge in [0, 0.05) is 6.08 Å². The Kier molecular flexibility index (Phi) is 10.4. The molecule has 0 spiro atoms. The average Bonchev–Trinajstić information content (AvgIpc) is 3.27. The number of benzene rings is 2. The SMILES string of the molecule is O=C(/C=C/c1ccc(O)c(O)c1)OC[C@@H]1O[C@H](OCCc2ccc(O)c(O)c2)[C@@H](O[C@H]2OC[C@@](O)(CO)[C@@H]2O)[C@H](O)[C@H]1O. The van der Waals surface area contributed by atoms with Crippen LogP contribution >= 0.6 is 0 Å². The normalized spacial score (nSPS) is 31.0. The first kappa shape index (κ1) is 32.4. The third kappa shape index (κ3) is 7.72. The van der Waals surface area contributed by atoms with E-state index >= 15 is 0 Å². The lowest BCUT2D eigenvalue weighted by Crippen LogP contribution is -2.61. The molecule has 9 N–H and O–H groups in total. The second-order valence-electron chi connectivity index (χ2n) is 10.2. The van der Waals surface area contributed by atoms with Crippen LogP contribution in [0.1, 0.15) is 11.1 Å². The third-order valence-electron chi connectivity index (χ3n) is 7.03. The van der Waals surface area contributed by atoms with Crippen LogP contribution in [0, 0.1) is 0 Å². The fourth-order valence-electron chi connectivity index (χ4n) is 4.42. The van der Waals surface area contributed by atoms with E-state index in [1.54, 1.807) is 6.07 Å². The van der Waals surface area contributed by atoms with Gasteiger partial charge in [0.1, 0.15) is 42.7 Å². The second kappa shape index (κ2) is 13.9. The maximum atomic E-state index is 12.3. The van der Waals surface area contributed by atoms with Gasteiger partial charge in [-0.05, 0) is 47.9 Å². The van der Waals surface area contributed by atoms with E-state index in [4.69, 9.17) is 23.7 Å². The molecule has 43 heavy (non-hydrogen) atoms. The standard InChI is InChI=1S/C28H34O15/c29-12-28(38)13-41-27(25(28)37)43-24-23(36)22(35)20(11-40-21(34)6-3-14-1-4-16(30)18(32)9-14)42-26(24)39-8-7-15-2-5-17(31)19(33)10-15/h1-6,9-10,20,22-27,29-33,35-38H,7-8,11-13H2/b6-3+/t20-,22-,23+,24-,25+,26-,27+,28-/m0/s1. The zero-order valence-electron chi connectivity index (χ0n) is 22.7. The number of phenolic OH excluding ortho intramolecular Hbond substituents is 4. The van der Waals surface area contributed by atoms with Gasteiger partial charge in [0.05, 0.1) is 19.8 Å². The maximum absolute atomic E-state index is 12.3. The van der Waals surface area contributed by atoms with Gasteiger partial charge in [-0.15, -0.1) is 0 Å². The van der Waals surface area contributed by atoms with E-state index in [-0.39, 0.29) is 36.0 Å². The van der Waals surface area contributed by atoms with Crippen LogP contribution in [0.2, 0.25) is 0 Å². The highest BCUT2D eigenvalue weighted by atomic mass is 16.8. The summed E-state index contributed by atoms with van der Waals surface area (Å²) in [5, 5.41) is 89.9. The van der Waals surface area contributed by atoms with Crippen LogP contribution in [-0.2, 0) is 34.9 Å². The molecule has 0 amide bonds. The molecule has 0 bridgehead atoms. The van der Waals surface area contributed by atoms with E-state index in [1.807, 2.05) is 0 Å². The fourth-order valence-corrected chi connectivity index (χ4v) is 4.42. The van der Waals surface area contributed by atoms with E-state index in [0.29, 0.717) is 11.1 Å². The van der Waals surface area contributed by atoms with Crippen LogP contribution in [0.5, 0.6) is 23.0 Å². The van der Waals surface area contributed by atoms with Crippen molar-refractivity contribution < 1.29 is 74.4 Å². The molecule has 2 saturated heterocycles. The molecule has 2 aromatic rings. The third-order valence-corrected chi connectivity index (χ3v) is 7.03. The molecule has 0 unspecified atom stereocenters. The van der Waals surface area contributed by atoms with Crippen molar-refractivity contribution in [1.82, 2.24) is 0 Å². The smallest absolute Gasteiger partial charge is 0.330 e. The van der Waals surface area contributed by atoms with Gasteiger partial charge < -0.3 is 69.6 Å². The van der Waals surface area contributed by atoms with Crippen molar-refractivity contribution >= 4 is 12.0 Å². The quantitative estimate of drug-likeness (QED) is 0.0806. The Morgan fingerprint density at radius 2 is 1.65 bits per heavy atom. The number of hydrogen-bond acceptors (Lipinski definition) is 15. The number of aliphatic hydroxyl groups is 5. The number of carbonyl (C=O) groups is 1. The molecule has 4 rings (SSSR count). The summed E-state index contributed by atoms with van der Waals surface area (Å²) < 4.78 is 27.6. The summed E-state index contributed by atoms with van der Waals surface area (Å²) >= 11 is 0. The van der Waals surface area contributed by atoms with Crippen molar-refractivity contribution in [3.8, 4) is 23.0 Å². The Morgan fingerprint density at radius 1 is 0.953 bits per heavy atom. The van der Waals surface area contributed by atoms with Crippen LogP contribution in [0.4, 0.5) is 0 Å². The molecule has 8 atom stereocenters. The van der Waals surface area contributed by atoms with Crippen LogP contribution in [-0.4, -0.2) is 127 Å². The first-order chi connectivity index (χ1) is 20.4. The topological polar surface area (TPSA) is 245 Å². The summed E-state index contributed by atoms with van der Waals surface area (Å²) in [6.45, 7) is -1.93. The Labute approximate surface area is 245 Å². The van der Waals surface area contributed by atoms with Crippen molar-refractivity contribution in [2.24, 2.45) is 0 Å². The highest BCUT2D eigenvalue weighted by molar-refractivity contribution is 5.87. The summed E-state index contributed by atoms with van der Waals surface area (Å²) in [5.74, 6) is -2.22. The highest BCUT2D eigenvalue weighted by Crippen LogP contribution is 2.32. The summed E-state index contributed by atoms with van der Waals surface area (Å²) in [6, 6.07) is 8.05. The minimum Gasteiger partial charge on any atom is -0.504 e. The monoisotopic (exact) mass is 610 g/mol. The van der Waals surface area contributed by atoms with Crippen molar-refractivity contribution in [3.05, 3.63) is 53.6 Å². The molecule has 0 saturated carbocycles. The Bertz CT molecular complexity index is 1280. The molecule has 2 aliphatic heterocycles. The number of hydrogen-bond donors (Lipinski definition) is 9. The molecule has 2 fully saturated rings. The molecular weight excluding hydrogens is 576 g/mol. The number of esters is 1. The lowest BCUT2D eigenvalue weighted by Gasteiger charge is -2.43. The minimum atomic E-state index is -2.02. The maximum Gasteiger partial charge on any atom is 0.330 e. The largest absolute Gasteiger partial charge is 0.504 e. The lowest BCUT2D eigenvalue weighted by molar-refractivity contribution is -0.336. The van der Waals surface area contributed by atoms with Gasteiger partial charge >= 0.3 is 5.97 Å². The molecule has 15 heteroatoms. The van der Waals surface area contributed by atoms with Crippen LogP contribution in [0.15, 0.2) is 42.5 Å². The van der Waals surface area contributed by atoms with Crippen LogP contribution in [0.25, 0.3) is 6.08 Å². The summed E-state index contributed by atoms with van der Waals surface area (Å²) in [6.07, 6.45) is -8.35. The van der Waals surface area contributed by atoms with Gasteiger partial charge in [-0.3, -0.25) is 0 Å². The molecule has 2 aromatic carbocycles. The molecule has 15 nitrogen and oxygen atoms in total. The van der Waals surface area contributed by atoms with Crippen LogP contribution in [0.3, 0.4) is 0 Å². The van der Waals surface area contributed by atoms with Crippen molar-refractivity contribution in [1.29, 1.82) is 0 Å². The van der Waals surface area contributed by atoms with Crippen LogP contribution < -0.4 is 0 Å². The summed E-state index contributed by atoms with van der Waals surface area (Å²) in [4.78, 5) is 12.3. The minimum absolute atomic E-state index is 0.0824. The molecule has 0 radical (unpaired) electrons. The zero-order chi connectivity index (χ0) is 31.3. The highest BCUT2D eigenvalue weighted by Gasteiger charge is 2.53. The molecule has 0 aromatic heterocycles. The Hall–Kier alpha value is -3.51. The summed E-state index contributed by atoms with van der Waals surface area (Å²) in [5.41, 5.74) is -1.06. The Balaban J connectivity index is 1.42. The Morgan fingerprint density at radius 3 is 2.30 bits per heavy atom. The van der Waals surface area contributed by atoms with Crippen molar-refractivity contribution in [2.75, 3.05) is 26.4 Å². The predicted octanol–water partition coefficient (Wildman–Crippen LogP) is -1.40. The first-order valence-electron chi connectivity index (χ1n) is 13.2. The fraction of sp³-hybridized carbons (Fsp3) is 0.464. The number of carbonyl (C=O) groups excluding carboxylic acids is 1. The number of phenols is 4. The van der Waals surface area contributed by atoms with E-state index in [2.05, 4.69) is 0 Å². The van der Waals surface area contributed by atoms with Gasteiger partial charge in [0.15, 0.2) is 35.6 Å². The number of aromatic hydroxyl groups is 4. The number of ether oxygens (including phenoxy) is 5.